The van der Waals surface area contributed by atoms with E-state index in [1.807, 2.05) is 12.1 Å². The summed E-state index contributed by atoms with van der Waals surface area (Å²) in [5.41, 5.74) is 12.4. The first-order valence-corrected chi connectivity index (χ1v) is 21.8. The van der Waals surface area contributed by atoms with E-state index in [2.05, 4.69) is 43.4 Å². The monoisotopic (exact) mass is 849 g/mol. The predicted molar refractivity (Wildman–Crippen MR) is 233 cm³/mol. The van der Waals surface area contributed by atoms with Crippen LogP contribution in [0.3, 0.4) is 0 Å². The number of aliphatic imine (C=N–C) groups is 1. The van der Waals surface area contributed by atoms with Crippen LogP contribution in [0.4, 0.5) is 15.8 Å². The van der Waals surface area contributed by atoms with Gasteiger partial charge in [0.2, 0.25) is 0 Å². The molecule has 1 saturated heterocycles. The smallest absolute Gasteiger partial charge is 0.402 e. The molecule has 9 rings (SSSR count). The largest absolute Gasteiger partial charge is 0.438 e. The number of imidazole rings is 1. The summed E-state index contributed by atoms with van der Waals surface area (Å²) in [5.74, 6) is 1.51. The van der Waals surface area contributed by atoms with E-state index in [1.165, 1.54) is 21.0 Å². The number of nitrogens with one attached hydrogen (secondary N) is 3. The summed E-state index contributed by atoms with van der Waals surface area (Å²) < 4.78 is 41.8. The Balaban J connectivity index is 0.000000447. The number of hydrogen-bond donors (Lipinski definition) is 4. The van der Waals surface area contributed by atoms with Crippen LogP contribution in [0, 0.1) is 25.6 Å². The average molecular weight is 850 g/mol. The van der Waals surface area contributed by atoms with Gasteiger partial charge in [-0.3, -0.25) is 23.4 Å². The number of benzene rings is 3. The van der Waals surface area contributed by atoms with Crippen LogP contribution in [-0.4, -0.2) is 77.7 Å². The highest BCUT2D eigenvalue weighted by molar-refractivity contribution is 7.85. The van der Waals surface area contributed by atoms with Gasteiger partial charge in [0.1, 0.15) is 28.3 Å². The normalized spacial score (nSPS) is 18.8. The van der Waals surface area contributed by atoms with Crippen LogP contribution in [0.15, 0.2) is 103 Å². The molecule has 3 unspecified atom stereocenters. The first-order chi connectivity index (χ1) is 29.3. The van der Waals surface area contributed by atoms with E-state index in [4.69, 9.17) is 15.5 Å². The number of anilines is 1. The standard InChI is InChI=1S/C38H40FN7O4S.C6H8N2O2/c1-23-18-29(19-24(2)35(23)39)41-36(46-15-14-45(38(46)48)30-7-5-28(6-8-30)43-51(3)49)31-22-44(13-10-32(31)40)37(47)34-21-27-20-26(4-9-33(27)42-34)25-11-16-50-17-12-25;1-3-2-4(3)5-7-6(9)10-8-5/h4-9,14-15,18-21,25,42-43H,10-13,16-17,22,40H2,1-3H3;3-4H,2H2,1H3,(H,7,8,9). The van der Waals surface area contributed by atoms with Crippen molar-refractivity contribution < 1.29 is 22.7 Å². The van der Waals surface area contributed by atoms with Gasteiger partial charge < -0.3 is 25.1 Å². The lowest BCUT2D eigenvalue weighted by molar-refractivity contribution is 0.0761. The van der Waals surface area contributed by atoms with Crippen LogP contribution in [0.5, 0.6) is 0 Å². The quantitative estimate of drug-likeness (QED) is 0.101. The van der Waals surface area contributed by atoms with Crippen molar-refractivity contribution in [1.82, 2.24) is 29.2 Å². The van der Waals surface area contributed by atoms with E-state index in [0.29, 0.717) is 81.7 Å². The number of nitrogens with zero attached hydrogens (tertiary/aromatic N) is 5. The van der Waals surface area contributed by atoms with Crippen molar-refractivity contribution in [3.05, 3.63) is 139 Å². The van der Waals surface area contributed by atoms with Crippen LogP contribution in [-0.2, 0) is 15.7 Å². The summed E-state index contributed by atoms with van der Waals surface area (Å²) in [7, 11) is -1.24. The molecular weight excluding hydrogens is 802 g/mol. The van der Waals surface area contributed by atoms with Crippen LogP contribution in [0.25, 0.3) is 16.6 Å². The molecule has 1 aliphatic carbocycles. The third-order valence-corrected chi connectivity index (χ3v) is 12.0. The number of H-pyrrole nitrogens is 2. The van der Waals surface area contributed by atoms with Gasteiger partial charge >= 0.3 is 11.4 Å². The molecule has 17 heteroatoms. The number of halogens is 1. The molecule has 5 heterocycles. The van der Waals surface area contributed by atoms with Gasteiger partial charge in [0.25, 0.3) is 5.91 Å². The number of ether oxygens (including phenoxy) is 1. The van der Waals surface area contributed by atoms with E-state index in [9.17, 15) is 23.0 Å². The summed E-state index contributed by atoms with van der Waals surface area (Å²) in [6, 6.07) is 18.4. The second-order valence-electron chi connectivity index (χ2n) is 15.9. The van der Waals surface area contributed by atoms with Gasteiger partial charge in [0.15, 0.2) is 5.82 Å². The fourth-order valence-electron chi connectivity index (χ4n) is 7.96. The minimum atomic E-state index is -1.24. The molecule has 1 amide bonds. The van der Waals surface area contributed by atoms with Crippen molar-refractivity contribution in [3.8, 4) is 5.69 Å². The number of rotatable bonds is 8. The van der Waals surface area contributed by atoms with Crippen LogP contribution in [0.2, 0.25) is 0 Å². The number of carbonyl (C=O) groups excluding carboxylic acids is 1. The number of fused-ring (bicyclic) bond motifs is 1. The molecule has 3 atom stereocenters. The molecule has 15 nitrogen and oxygen atoms in total. The number of carbonyl (C=O) groups is 1. The van der Waals surface area contributed by atoms with Crippen molar-refractivity contribution in [2.75, 3.05) is 37.3 Å². The predicted octanol–water partition coefficient (Wildman–Crippen LogP) is 6.30. The highest BCUT2D eigenvalue weighted by atomic mass is 32.2. The Bertz CT molecular complexity index is 2790. The summed E-state index contributed by atoms with van der Waals surface area (Å²) in [5, 5.41) is 4.56. The Morgan fingerprint density at radius 2 is 1.74 bits per heavy atom. The maximum absolute atomic E-state index is 14.6. The number of aromatic amines is 2. The summed E-state index contributed by atoms with van der Waals surface area (Å²) in [6.45, 7) is 7.45. The Morgan fingerprint density at radius 1 is 1.02 bits per heavy atom. The van der Waals surface area contributed by atoms with Crippen molar-refractivity contribution in [2.45, 2.75) is 58.3 Å². The molecule has 2 aliphatic heterocycles. The minimum Gasteiger partial charge on any atom is -0.402 e. The highest BCUT2D eigenvalue weighted by Gasteiger charge is 2.37. The summed E-state index contributed by atoms with van der Waals surface area (Å²) in [6.07, 6.45) is 8.21. The lowest BCUT2D eigenvalue weighted by Gasteiger charge is -2.30. The third-order valence-electron chi connectivity index (χ3n) is 11.5. The van der Waals surface area contributed by atoms with Crippen LogP contribution in [0.1, 0.15) is 77.4 Å². The lowest BCUT2D eigenvalue weighted by Crippen LogP contribution is -2.42. The Labute approximate surface area is 353 Å². The van der Waals surface area contributed by atoms with Gasteiger partial charge in [-0.05, 0) is 116 Å². The molecule has 5 N–H and O–H groups in total. The maximum atomic E-state index is 14.6. The summed E-state index contributed by atoms with van der Waals surface area (Å²) >= 11 is 0. The number of aromatic nitrogens is 5. The van der Waals surface area contributed by atoms with Gasteiger partial charge in [-0.25, -0.2) is 23.2 Å². The minimum absolute atomic E-state index is 0.109. The van der Waals surface area contributed by atoms with Crippen LogP contribution >= 0.6 is 0 Å². The van der Waals surface area contributed by atoms with Gasteiger partial charge in [-0.2, -0.15) is 0 Å². The van der Waals surface area contributed by atoms with Gasteiger partial charge in [-0.1, -0.05) is 18.1 Å². The zero-order valence-corrected chi connectivity index (χ0v) is 35.2. The second kappa shape index (κ2) is 17.3. The fourth-order valence-corrected chi connectivity index (χ4v) is 8.43. The molecule has 0 spiro atoms. The van der Waals surface area contributed by atoms with Crippen LogP contribution < -0.4 is 21.9 Å². The molecule has 3 aromatic heterocycles. The van der Waals surface area contributed by atoms with Crippen molar-refractivity contribution >= 4 is 45.0 Å². The SMILES string of the molecule is CC1CC1c1noc(=O)[nH]1.Cc1cc(N=C(C2=C(N)CCN(C(=O)c3cc4cc(C5CCOCC5)ccc4[nH]3)C2)n2ccn(-c3ccc(NS(C)=O)cc3)c2=O)cc(C)c1F. The van der Waals surface area contributed by atoms with Gasteiger partial charge in [0, 0.05) is 78.6 Å². The molecule has 61 heavy (non-hydrogen) atoms. The fraction of sp³-hybridized carbons (Fsp3) is 0.341. The van der Waals surface area contributed by atoms with Crippen molar-refractivity contribution in [1.29, 1.82) is 0 Å². The first kappa shape index (κ1) is 41.4. The van der Waals surface area contributed by atoms with Crippen molar-refractivity contribution in [2.24, 2.45) is 16.6 Å². The molecule has 0 bridgehead atoms. The molecule has 0 radical (unpaired) electrons. The maximum Gasteiger partial charge on any atom is 0.438 e. The second-order valence-corrected chi connectivity index (χ2v) is 17.1. The number of nitrogens with two attached hydrogens (primary N) is 1. The molecule has 6 aromatic rings. The number of aryl methyl sites for hydroxylation is 2. The third kappa shape index (κ3) is 9.07. The zero-order chi connectivity index (χ0) is 42.9. The first-order valence-electron chi connectivity index (χ1n) is 20.2. The highest BCUT2D eigenvalue weighted by Crippen LogP contribution is 2.44. The van der Waals surface area contributed by atoms with Crippen molar-refractivity contribution in [3.63, 3.8) is 0 Å². The van der Waals surface area contributed by atoms with E-state index in [-0.39, 0.29) is 24.1 Å². The zero-order valence-electron chi connectivity index (χ0n) is 34.4. The number of hydrogen-bond acceptors (Lipinski definition) is 9. The Hall–Kier alpha value is -6.33. The van der Waals surface area contributed by atoms with E-state index in [0.717, 1.165) is 43.4 Å². The van der Waals surface area contributed by atoms with E-state index in [1.54, 1.807) is 67.5 Å². The van der Waals surface area contributed by atoms with E-state index >= 15 is 0 Å². The number of amides is 1. The van der Waals surface area contributed by atoms with Gasteiger partial charge in [0.05, 0.1) is 17.9 Å². The van der Waals surface area contributed by atoms with E-state index < -0.39 is 22.4 Å². The Kier molecular flexibility index (Phi) is 11.8. The van der Waals surface area contributed by atoms with Gasteiger partial charge in [-0.15, -0.1) is 0 Å². The molecule has 2 fully saturated rings. The molecule has 318 valence electrons. The Morgan fingerprint density at radius 3 is 2.39 bits per heavy atom. The molecule has 3 aliphatic rings. The lowest BCUT2D eigenvalue weighted by atomic mass is 9.91. The molecule has 3 aromatic carbocycles. The topological polar surface area (TPSA) is 199 Å². The molecule has 1 saturated carbocycles. The molecular formula is C44H48FN9O6S. The average Bonchev–Trinajstić information content (AvgIpc) is 3.53. The summed E-state index contributed by atoms with van der Waals surface area (Å²) in [4.78, 5) is 51.0.